The molecule has 4 aromatic rings. The van der Waals surface area contributed by atoms with Crippen molar-refractivity contribution in [1.82, 2.24) is 19.9 Å². The zero-order chi connectivity index (χ0) is 19.8. The van der Waals surface area contributed by atoms with Crippen molar-refractivity contribution in [2.24, 2.45) is 0 Å². The maximum absolute atomic E-state index is 12.2. The van der Waals surface area contributed by atoms with E-state index in [2.05, 4.69) is 19.9 Å². The number of anilines is 1. The second-order valence-corrected chi connectivity index (χ2v) is 8.07. The number of thiophene rings is 2. The summed E-state index contributed by atoms with van der Waals surface area (Å²) >= 11 is 2.66. The summed E-state index contributed by atoms with van der Waals surface area (Å²) in [5.74, 6) is 0.858. The van der Waals surface area contributed by atoms with Crippen molar-refractivity contribution in [3.63, 3.8) is 0 Å². The molecule has 0 aliphatic rings. The first-order valence-electron chi connectivity index (χ1n) is 8.58. The van der Waals surface area contributed by atoms with Gasteiger partial charge in [-0.2, -0.15) is 0 Å². The number of H-pyrrole nitrogens is 1. The number of aromatic amines is 1. The summed E-state index contributed by atoms with van der Waals surface area (Å²) in [6, 6.07) is 1.83. The van der Waals surface area contributed by atoms with Crippen LogP contribution < -0.4 is 10.5 Å². The van der Waals surface area contributed by atoms with Crippen LogP contribution >= 0.6 is 22.7 Å². The van der Waals surface area contributed by atoms with Crippen molar-refractivity contribution in [1.29, 1.82) is 0 Å². The highest BCUT2D eigenvalue weighted by atomic mass is 32.1. The van der Waals surface area contributed by atoms with Crippen LogP contribution in [0.3, 0.4) is 0 Å². The summed E-state index contributed by atoms with van der Waals surface area (Å²) in [5, 5.41) is 2.65. The van der Waals surface area contributed by atoms with Gasteiger partial charge in [0.1, 0.15) is 32.4 Å². The van der Waals surface area contributed by atoms with E-state index in [1.807, 2.05) is 30.3 Å². The van der Waals surface area contributed by atoms with Gasteiger partial charge in [0.05, 0.1) is 24.1 Å². The molecule has 0 atom stereocenters. The minimum Gasteiger partial charge on any atom is -0.462 e. The molecule has 4 aromatic heterocycles. The largest absolute Gasteiger partial charge is 0.462 e. The number of nitrogens with zero attached hydrogens (tertiary/aromatic N) is 4. The monoisotopic (exact) mass is 415 g/mol. The summed E-state index contributed by atoms with van der Waals surface area (Å²) in [7, 11) is 1.86. The van der Waals surface area contributed by atoms with Crippen molar-refractivity contribution >= 4 is 54.9 Å². The molecule has 144 valence electrons. The zero-order valence-corrected chi connectivity index (χ0v) is 17.1. The number of nitrogens with one attached hydrogen (secondary N) is 1. The van der Waals surface area contributed by atoms with E-state index in [1.165, 1.54) is 29.0 Å². The van der Waals surface area contributed by atoms with Crippen molar-refractivity contribution in [3.05, 3.63) is 44.4 Å². The Balaban J connectivity index is 1.73. The van der Waals surface area contributed by atoms with E-state index in [9.17, 15) is 9.59 Å². The van der Waals surface area contributed by atoms with Gasteiger partial charge in [-0.1, -0.05) is 0 Å². The number of carbonyl (C=O) groups excluding carboxylic acids is 1. The Bertz CT molecular complexity index is 1240. The van der Waals surface area contributed by atoms with Gasteiger partial charge in [0.15, 0.2) is 0 Å². The predicted octanol–water partition coefficient (Wildman–Crippen LogP) is 3.11. The Morgan fingerprint density at radius 2 is 2.18 bits per heavy atom. The fourth-order valence-electron chi connectivity index (χ4n) is 3.03. The van der Waals surface area contributed by atoms with E-state index in [0.717, 1.165) is 10.9 Å². The summed E-state index contributed by atoms with van der Waals surface area (Å²) in [6.07, 6.45) is 1.47. The van der Waals surface area contributed by atoms with Crippen molar-refractivity contribution in [2.45, 2.75) is 20.4 Å². The van der Waals surface area contributed by atoms with E-state index >= 15 is 0 Å². The second-order valence-electron chi connectivity index (χ2n) is 6.16. The fourth-order valence-corrected chi connectivity index (χ4v) is 4.79. The van der Waals surface area contributed by atoms with Crippen LogP contribution in [0.4, 0.5) is 5.82 Å². The van der Waals surface area contributed by atoms with E-state index in [-0.39, 0.29) is 11.5 Å². The van der Waals surface area contributed by atoms with Gasteiger partial charge in [0.2, 0.25) is 0 Å². The van der Waals surface area contributed by atoms with Gasteiger partial charge in [0.25, 0.3) is 5.56 Å². The molecular weight excluding hydrogens is 398 g/mol. The molecule has 4 rings (SSSR count). The van der Waals surface area contributed by atoms with Crippen LogP contribution in [-0.2, 0) is 11.3 Å². The molecule has 0 unspecified atom stereocenters. The molecule has 8 nitrogen and oxygen atoms in total. The third-order valence-electron chi connectivity index (χ3n) is 4.28. The molecule has 0 aliphatic carbocycles. The first-order chi connectivity index (χ1) is 13.5. The second kappa shape index (κ2) is 7.28. The molecule has 0 spiro atoms. The number of rotatable bonds is 5. The highest BCUT2D eigenvalue weighted by molar-refractivity contribution is 7.20. The smallest absolute Gasteiger partial charge is 0.348 e. The molecule has 0 saturated heterocycles. The lowest BCUT2D eigenvalue weighted by molar-refractivity contribution is 0.0531. The highest BCUT2D eigenvalue weighted by Crippen LogP contribution is 2.35. The maximum atomic E-state index is 12.2. The standard InChI is InChI=1S/C18H17N5O3S2/c1-4-26-18(25)13-9(2)12-15(19-8-20-17(12)28-13)23(3)7-11-21-10-5-6-27-14(10)16(24)22-11/h5-6,8H,4,7H2,1-3H3,(H,21,22,24). The minimum absolute atomic E-state index is 0.146. The Hall–Kier alpha value is -2.85. The van der Waals surface area contributed by atoms with Gasteiger partial charge in [-0.3, -0.25) is 4.79 Å². The fraction of sp³-hybridized carbons (Fsp3) is 0.278. The lowest BCUT2D eigenvalue weighted by Gasteiger charge is -2.18. The third kappa shape index (κ3) is 3.14. The molecule has 10 heteroatoms. The Morgan fingerprint density at radius 3 is 2.96 bits per heavy atom. The van der Waals surface area contributed by atoms with Crippen LogP contribution in [-0.4, -0.2) is 39.6 Å². The van der Waals surface area contributed by atoms with Gasteiger partial charge >= 0.3 is 5.97 Å². The van der Waals surface area contributed by atoms with Crippen LogP contribution in [0.1, 0.15) is 28.0 Å². The Kier molecular flexibility index (Phi) is 4.82. The molecule has 1 N–H and O–H groups in total. The third-order valence-corrected chi connectivity index (χ3v) is 6.36. The van der Waals surface area contributed by atoms with Crippen LogP contribution in [0.2, 0.25) is 0 Å². The number of esters is 1. The van der Waals surface area contributed by atoms with Gasteiger partial charge in [-0.25, -0.2) is 19.7 Å². The molecule has 0 radical (unpaired) electrons. The quantitative estimate of drug-likeness (QED) is 0.500. The molecule has 0 amide bonds. The molecular formula is C18H17N5O3S2. The van der Waals surface area contributed by atoms with Gasteiger partial charge in [-0.05, 0) is 30.9 Å². The number of aromatic nitrogens is 4. The molecule has 0 aliphatic heterocycles. The lowest BCUT2D eigenvalue weighted by Crippen LogP contribution is -2.22. The minimum atomic E-state index is -0.356. The topological polar surface area (TPSA) is 101 Å². The molecule has 28 heavy (non-hydrogen) atoms. The number of aryl methyl sites for hydroxylation is 1. The maximum Gasteiger partial charge on any atom is 0.348 e. The van der Waals surface area contributed by atoms with Crippen molar-refractivity contribution in [3.8, 4) is 0 Å². The average Bonchev–Trinajstić information content (AvgIpc) is 3.27. The van der Waals surface area contributed by atoms with E-state index in [0.29, 0.717) is 44.7 Å². The highest BCUT2D eigenvalue weighted by Gasteiger charge is 2.22. The Morgan fingerprint density at radius 1 is 1.36 bits per heavy atom. The molecule has 4 heterocycles. The zero-order valence-electron chi connectivity index (χ0n) is 15.5. The predicted molar refractivity (Wildman–Crippen MR) is 110 cm³/mol. The molecule has 0 fully saturated rings. The number of carbonyl (C=O) groups is 1. The summed E-state index contributed by atoms with van der Waals surface area (Å²) < 4.78 is 5.76. The normalized spacial score (nSPS) is 11.2. The molecule has 0 bridgehead atoms. The van der Waals surface area contributed by atoms with Crippen LogP contribution in [0.15, 0.2) is 22.6 Å². The van der Waals surface area contributed by atoms with Crippen LogP contribution in [0.25, 0.3) is 20.4 Å². The number of ether oxygens (including phenoxy) is 1. The van der Waals surface area contributed by atoms with Crippen LogP contribution in [0.5, 0.6) is 0 Å². The number of hydrogen-bond acceptors (Lipinski definition) is 9. The van der Waals surface area contributed by atoms with Crippen LogP contribution in [0, 0.1) is 6.92 Å². The molecule has 0 saturated carbocycles. The lowest BCUT2D eigenvalue weighted by atomic mass is 10.2. The summed E-state index contributed by atoms with van der Waals surface area (Å²) in [5.41, 5.74) is 1.32. The Labute approximate surface area is 167 Å². The summed E-state index contributed by atoms with van der Waals surface area (Å²) in [6.45, 7) is 4.31. The molecule has 0 aromatic carbocycles. The SMILES string of the molecule is CCOC(=O)c1sc2ncnc(N(C)Cc3nc4ccsc4c(=O)[nH]3)c2c1C. The summed E-state index contributed by atoms with van der Waals surface area (Å²) in [4.78, 5) is 43.6. The number of hydrogen-bond donors (Lipinski definition) is 1. The average molecular weight is 416 g/mol. The first kappa shape index (κ1) is 18.5. The van der Waals surface area contributed by atoms with Gasteiger partial charge < -0.3 is 14.6 Å². The van der Waals surface area contributed by atoms with Crippen molar-refractivity contribution in [2.75, 3.05) is 18.6 Å². The van der Waals surface area contributed by atoms with Crippen molar-refractivity contribution < 1.29 is 9.53 Å². The van der Waals surface area contributed by atoms with Gasteiger partial charge in [0, 0.05) is 7.05 Å². The first-order valence-corrected chi connectivity index (χ1v) is 10.3. The van der Waals surface area contributed by atoms with E-state index < -0.39 is 0 Å². The van der Waals surface area contributed by atoms with Gasteiger partial charge in [-0.15, -0.1) is 22.7 Å². The van der Waals surface area contributed by atoms with E-state index in [4.69, 9.17) is 4.74 Å². The van der Waals surface area contributed by atoms with E-state index in [1.54, 1.807) is 6.92 Å². The number of fused-ring (bicyclic) bond motifs is 2.